The molecule has 0 amide bonds. The second-order valence-corrected chi connectivity index (χ2v) is 4.54. The molecule has 0 unspecified atom stereocenters. The third-order valence-electron chi connectivity index (χ3n) is 1.46. The van der Waals surface area contributed by atoms with Crippen molar-refractivity contribution >= 4 is 30.1 Å². The maximum absolute atomic E-state index is 12.5. The number of aliphatic hydroxyl groups is 1. The number of alkyl halides is 2. The highest BCUT2D eigenvalue weighted by atomic mass is 127. The van der Waals surface area contributed by atoms with Crippen LogP contribution in [0.2, 0.25) is 0 Å². The summed E-state index contributed by atoms with van der Waals surface area (Å²) in [5.74, 6) is -0.217. The molecule has 0 aromatic heterocycles. The Bertz CT molecular complexity index is 217. The molecular formula is C8H12F2INOS. The van der Waals surface area contributed by atoms with Crippen molar-refractivity contribution in [3.05, 3.63) is 0 Å². The van der Waals surface area contributed by atoms with Crippen LogP contribution in [0, 0.1) is 11.2 Å². The summed E-state index contributed by atoms with van der Waals surface area (Å²) in [6.45, 7) is 0.145. The van der Waals surface area contributed by atoms with E-state index in [4.69, 9.17) is 5.11 Å². The molecule has 0 saturated carbocycles. The highest BCUT2D eigenvalue weighted by molar-refractivity contribution is 14.2. The Balaban J connectivity index is 3.68. The summed E-state index contributed by atoms with van der Waals surface area (Å²) >= 11 is 2.04. The molecule has 0 aromatic rings. The molecule has 0 aliphatic carbocycles. The monoisotopic (exact) mass is 335 g/mol. The van der Waals surface area contributed by atoms with Crippen LogP contribution >= 0.6 is 30.1 Å². The molecule has 1 atom stereocenters. The van der Waals surface area contributed by atoms with E-state index in [2.05, 4.69) is 16.5 Å². The van der Waals surface area contributed by atoms with Crippen LogP contribution in [0.3, 0.4) is 0 Å². The van der Waals surface area contributed by atoms with Crippen molar-refractivity contribution in [3.63, 3.8) is 0 Å². The van der Waals surface area contributed by atoms with Crippen LogP contribution < -0.4 is 5.32 Å². The number of rotatable bonds is 5. The normalized spacial score (nSPS) is 13.2. The predicted molar refractivity (Wildman–Crippen MR) is 63.5 cm³/mol. The Morgan fingerprint density at radius 1 is 1.64 bits per heavy atom. The fourth-order valence-electron chi connectivity index (χ4n) is 0.674. The van der Waals surface area contributed by atoms with Gasteiger partial charge in [-0.3, -0.25) is 0 Å². The van der Waals surface area contributed by atoms with Gasteiger partial charge in [-0.15, -0.1) is 0 Å². The van der Waals surface area contributed by atoms with Gasteiger partial charge in [-0.2, -0.15) is 0 Å². The van der Waals surface area contributed by atoms with E-state index in [0.717, 1.165) is 0 Å². The van der Waals surface area contributed by atoms with Gasteiger partial charge in [0.2, 0.25) is 0 Å². The molecule has 6 heteroatoms. The summed E-state index contributed by atoms with van der Waals surface area (Å²) in [6.07, 6.45) is 0.525. The van der Waals surface area contributed by atoms with Crippen LogP contribution in [-0.2, 0) is 0 Å². The van der Waals surface area contributed by atoms with E-state index in [9.17, 15) is 8.78 Å². The summed E-state index contributed by atoms with van der Waals surface area (Å²) in [5, 5.41) is 13.7. The number of hydrogen-bond donors (Lipinski definition) is 2. The molecular weight excluding hydrogens is 323 g/mol. The van der Waals surface area contributed by atoms with E-state index >= 15 is 0 Å². The van der Waals surface area contributed by atoms with Crippen molar-refractivity contribution < 1.29 is 13.9 Å². The van der Waals surface area contributed by atoms with Crippen LogP contribution in [0.25, 0.3) is 0 Å². The van der Waals surface area contributed by atoms with Gasteiger partial charge in [-0.05, 0) is 21.1 Å². The van der Waals surface area contributed by atoms with E-state index < -0.39 is 19.1 Å². The van der Waals surface area contributed by atoms with Gasteiger partial charge in [0.1, 0.15) is 6.61 Å². The van der Waals surface area contributed by atoms with Gasteiger partial charge in [0.05, 0.1) is 6.54 Å². The second-order valence-electron chi connectivity index (χ2n) is 2.86. The first-order valence-corrected chi connectivity index (χ1v) is 7.35. The Morgan fingerprint density at radius 2 is 2.29 bits per heavy atom. The predicted octanol–water partition coefficient (Wildman–Crippen LogP) is 2.03. The average Bonchev–Trinajstić information content (AvgIpc) is 2.16. The minimum Gasteiger partial charge on any atom is -0.390 e. The molecule has 0 fully saturated rings. The topological polar surface area (TPSA) is 32.3 Å². The Labute approximate surface area is 98.8 Å². The van der Waals surface area contributed by atoms with E-state index in [-0.39, 0.29) is 6.04 Å². The van der Waals surface area contributed by atoms with Gasteiger partial charge in [0.15, 0.2) is 0 Å². The van der Waals surface area contributed by atoms with E-state index in [1.165, 1.54) is 8.93 Å². The van der Waals surface area contributed by atoms with Crippen molar-refractivity contribution in [1.82, 2.24) is 5.32 Å². The SMILES string of the molecule is C[C@H](CC#CSI)NCC(F)(F)CO. The lowest BCUT2D eigenvalue weighted by Crippen LogP contribution is -2.39. The van der Waals surface area contributed by atoms with Crippen LogP contribution in [0.5, 0.6) is 0 Å². The third kappa shape index (κ3) is 7.79. The fraction of sp³-hybridized carbons (Fsp3) is 0.750. The molecule has 0 spiro atoms. The molecule has 0 radical (unpaired) electrons. The highest BCUT2D eigenvalue weighted by Gasteiger charge is 2.27. The van der Waals surface area contributed by atoms with Gasteiger partial charge in [0.25, 0.3) is 5.92 Å². The van der Waals surface area contributed by atoms with Crippen LogP contribution in [-0.4, -0.2) is 30.2 Å². The fourth-order valence-corrected chi connectivity index (χ4v) is 1.28. The highest BCUT2D eigenvalue weighted by Crippen LogP contribution is 2.10. The summed E-state index contributed by atoms with van der Waals surface area (Å²) in [4.78, 5) is 0. The van der Waals surface area contributed by atoms with Gasteiger partial charge in [-0.1, -0.05) is 5.92 Å². The number of halogens is 3. The summed E-state index contributed by atoms with van der Waals surface area (Å²) in [7, 11) is 1.36. The first-order chi connectivity index (χ1) is 6.52. The van der Waals surface area contributed by atoms with Gasteiger partial charge in [-0.25, -0.2) is 8.78 Å². The smallest absolute Gasteiger partial charge is 0.282 e. The zero-order valence-electron chi connectivity index (χ0n) is 7.69. The molecule has 0 heterocycles. The number of aliphatic hydroxyl groups excluding tert-OH is 1. The summed E-state index contributed by atoms with van der Waals surface area (Å²) < 4.78 is 25.1. The molecule has 2 nitrogen and oxygen atoms in total. The zero-order valence-corrected chi connectivity index (χ0v) is 10.7. The van der Waals surface area contributed by atoms with Crippen molar-refractivity contribution in [2.75, 3.05) is 13.2 Å². The Kier molecular flexibility index (Phi) is 7.91. The van der Waals surface area contributed by atoms with E-state index in [1.54, 1.807) is 6.92 Å². The van der Waals surface area contributed by atoms with Gasteiger partial charge >= 0.3 is 0 Å². The first-order valence-electron chi connectivity index (χ1n) is 3.99. The van der Waals surface area contributed by atoms with Gasteiger partial charge in [0, 0.05) is 33.7 Å². The maximum atomic E-state index is 12.5. The van der Waals surface area contributed by atoms with Crippen LogP contribution in [0.15, 0.2) is 0 Å². The molecule has 2 N–H and O–H groups in total. The molecule has 0 aromatic carbocycles. The van der Waals surface area contributed by atoms with Crippen LogP contribution in [0.4, 0.5) is 8.78 Å². The Hall–Kier alpha value is 0.420. The molecule has 0 rings (SSSR count). The maximum Gasteiger partial charge on any atom is 0.282 e. The lowest BCUT2D eigenvalue weighted by Gasteiger charge is -2.17. The summed E-state index contributed by atoms with van der Waals surface area (Å²) in [6, 6.07) is -0.0940. The summed E-state index contributed by atoms with van der Waals surface area (Å²) in [5.41, 5.74) is 0. The number of hydrogen-bond acceptors (Lipinski definition) is 3. The lowest BCUT2D eigenvalue weighted by atomic mass is 10.2. The largest absolute Gasteiger partial charge is 0.390 e. The quantitative estimate of drug-likeness (QED) is 0.596. The Morgan fingerprint density at radius 3 is 2.79 bits per heavy atom. The van der Waals surface area contributed by atoms with Crippen molar-refractivity contribution in [2.45, 2.75) is 25.3 Å². The zero-order chi connectivity index (χ0) is 11.0. The minimum atomic E-state index is -3.04. The molecule has 0 bridgehead atoms. The molecule has 0 aliphatic heterocycles. The van der Waals surface area contributed by atoms with E-state index in [1.807, 2.05) is 21.2 Å². The molecule has 82 valence electrons. The minimum absolute atomic E-state index is 0.0940. The lowest BCUT2D eigenvalue weighted by molar-refractivity contribution is -0.0489. The van der Waals surface area contributed by atoms with Crippen molar-refractivity contribution in [2.24, 2.45) is 0 Å². The van der Waals surface area contributed by atoms with E-state index in [0.29, 0.717) is 6.42 Å². The molecule has 0 saturated heterocycles. The van der Waals surface area contributed by atoms with Crippen molar-refractivity contribution in [3.8, 4) is 11.2 Å². The average molecular weight is 335 g/mol. The van der Waals surface area contributed by atoms with Crippen LogP contribution in [0.1, 0.15) is 13.3 Å². The second kappa shape index (κ2) is 7.68. The van der Waals surface area contributed by atoms with Gasteiger partial charge < -0.3 is 10.4 Å². The first kappa shape index (κ1) is 14.4. The molecule has 14 heavy (non-hydrogen) atoms. The van der Waals surface area contributed by atoms with Crippen molar-refractivity contribution in [1.29, 1.82) is 0 Å². The number of nitrogens with one attached hydrogen (secondary N) is 1. The molecule has 0 aliphatic rings. The third-order valence-corrected chi connectivity index (χ3v) is 2.34. The standard InChI is InChI=1S/C8H12F2INOS/c1-7(3-2-4-14-11)12-5-8(9,10)6-13/h7,12-13H,3,5-6H2,1H3/t7-/m1/s1.